The lowest BCUT2D eigenvalue weighted by Crippen LogP contribution is -2.42. The van der Waals surface area contributed by atoms with Gasteiger partial charge in [-0.2, -0.15) is 9.29 Å². The first-order chi connectivity index (χ1) is 14.1. The second-order valence-corrected chi connectivity index (χ2v) is 9.18. The average molecular weight is 419 g/mol. The maximum absolute atomic E-state index is 12.8. The minimum absolute atomic E-state index is 0.0665. The molecule has 8 nitrogen and oxygen atoms in total. The van der Waals surface area contributed by atoms with Gasteiger partial charge in [-0.1, -0.05) is 6.92 Å². The zero-order valence-electron chi connectivity index (χ0n) is 16.6. The molecule has 4 heterocycles. The summed E-state index contributed by atoms with van der Waals surface area (Å²) in [7, 11) is -3.52. The fraction of sp³-hybridized carbons (Fsp3) is 0.550. The number of aryl methyl sites for hydroxylation is 1. The maximum Gasteiger partial charge on any atom is 0.244 e. The highest BCUT2D eigenvalue weighted by atomic mass is 32.2. The minimum Gasteiger partial charge on any atom is -0.474 e. The third-order valence-electron chi connectivity index (χ3n) is 5.35. The van der Waals surface area contributed by atoms with Crippen LogP contribution in [0.1, 0.15) is 36.8 Å². The van der Waals surface area contributed by atoms with Crippen LogP contribution in [-0.4, -0.2) is 60.1 Å². The van der Waals surface area contributed by atoms with Gasteiger partial charge in [0, 0.05) is 50.3 Å². The molecular formula is C20H26N4O4S. The van der Waals surface area contributed by atoms with Crippen molar-refractivity contribution in [1.82, 2.24) is 19.3 Å². The van der Waals surface area contributed by atoms with Gasteiger partial charge in [0.15, 0.2) is 0 Å². The zero-order chi connectivity index (χ0) is 20.3. The molecule has 9 heteroatoms. The number of hydrogen-bond donors (Lipinski definition) is 0. The predicted molar refractivity (Wildman–Crippen MR) is 106 cm³/mol. The second-order valence-electron chi connectivity index (χ2n) is 7.25. The summed E-state index contributed by atoms with van der Waals surface area (Å²) < 4.78 is 38.9. The molecule has 0 radical (unpaired) electrons. The molecule has 0 unspecified atom stereocenters. The Balaban J connectivity index is 1.46. The Morgan fingerprint density at radius 2 is 2.00 bits per heavy atom. The first-order valence-corrected chi connectivity index (χ1v) is 11.5. The number of fused-ring (bicyclic) bond motifs is 1. The third kappa shape index (κ3) is 4.41. The van der Waals surface area contributed by atoms with Crippen LogP contribution in [0.2, 0.25) is 0 Å². The quantitative estimate of drug-likeness (QED) is 0.730. The molecule has 2 aliphatic heterocycles. The van der Waals surface area contributed by atoms with Gasteiger partial charge in [-0.3, -0.25) is 4.98 Å². The summed E-state index contributed by atoms with van der Waals surface area (Å²) in [6.45, 7) is 4.16. The molecule has 0 aliphatic carbocycles. The minimum atomic E-state index is -3.52. The molecule has 0 spiro atoms. The summed E-state index contributed by atoms with van der Waals surface area (Å²) in [5.41, 5.74) is 2.05. The van der Waals surface area contributed by atoms with E-state index in [2.05, 4.69) is 15.0 Å². The average Bonchev–Trinajstić information content (AvgIpc) is 3.00. The van der Waals surface area contributed by atoms with Crippen LogP contribution >= 0.6 is 0 Å². The van der Waals surface area contributed by atoms with E-state index in [9.17, 15) is 8.42 Å². The number of hydrogen-bond acceptors (Lipinski definition) is 7. The lowest BCUT2D eigenvalue weighted by Gasteiger charge is -2.31. The van der Waals surface area contributed by atoms with Crippen molar-refractivity contribution < 1.29 is 17.9 Å². The zero-order valence-corrected chi connectivity index (χ0v) is 17.4. The van der Waals surface area contributed by atoms with E-state index in [1.165, 1.54) is 10.5 Å². The Kier molecular flexibility index (Phi) is 6.07. The van der Waals surface area contributed by atoms with E-state index in [4.69, 9.17) is 9.47 Å². The van der Waals surface area contributed by atoms with Crippen LogP contribution in [0.5, 0.6) is 5.88 Å². The molecule has 2 aromatic rings. The first kappa shape index (κ1) is 20.2. The molecule has 0 N–H and O–H groups in total. The molecule has 0 amide bonds. The highest BCUT2D eigenvalue weighted by Crippen LogP contribution is 2.27. The van der Waals surface area contributed by atoms with Crippen molar-refractivity contribution in [2.24, 2.45) is 0 Å². The van der Waals surface area contributed by atoms with E-state index in [1.54, 1.807) is 18.3 Å². The fourth-order valence-corrected chi connectivity index (χ4v) is 5.15. The lowest BCUT2D eigenvalue weighted by atomic mass is 10.1. The Labute approximate surface area is 171 Å². The van der Waals surface area contributed by atoms with E-state index in [-0.39, 0.29) is 11.0 Å². The van der Waals surface area contributed by atoms with Crippen LogP contribution in [0.15, 0.2) is 29.4 Å². The van der Waals surface area contributed by atoms with Crippen LogP contribution in [0, 0.1) is 0 Å². The summed E-state index contributed by atoms with van der Waals surface area (Å²) in [5.74, 6) is 1.42. The Morgan fingerprint density at radius 3 is 2.72 bits per heavy atom. The number of ether oxygens (including phenoxy) is 2. The second kappa shape index (κ2) is 8.73. The van der Waals surface area contributed by atoms with Gasteiger partial charge in [0.2, 0.25) is 15.9 Å². The van der Waals surface area contributed by atoms with Crippen molar-refractivity contribution >= 4 is 10.0 Å². The van der Waals surface area contributed by atoms with E-state index in [0.29, 0.717) is 45.0 Å². The predicted octanol–water partition coefficient (Wildman–Crippen LogP) is 1.78. The van der Waals surface area contributed by atoms with E-state index >= 15 is 0 Å². The van der Waals surface area contributed by atoms with E-state index in [0.717, 1.165) is 36.3 Å². The molecule has 29 heavy (non-hydrogen) atoms. The third-order valence-corrected chi connectivity index (χ3v) is 7.23. The van der Waals surface area contributed by atoms with Gasteiger partial charge in [0.05, 0.1) is 18.9 Å². The smallest absolute Gasteiger partial charge is 0.244 e. The highest BCUT2D eigenvalue weighted by Gasteiger charge is 2.31. The number of sulfonamides is 1. The fourth-order valence-electron chi connectivity index (χ4n) is 3.71. The van der Waals surface area contributed by atoms with Crippen molar-refractivity contribution in [3.8, 4) is 5.88 Å². The largest absolute Gasteiger partial charge is 0.474 e. The number of aromatic nitrogens is 3. The number of rotatable bonds is 5. The molecule has 1 saturated heterocycles. The molecule has 1 fully saturated rings. The number of piperidine rings is 1. The molecule has 2 aliphatic rings. The Morgan fingerprint density at radius 1 is 1.21 bits per heavy atom. The summed E-state index contributed by atoms with van der Waals surface area (Å²) in [4.78, 5) is 13.4. The highest BCUT2D eigenvalue weighted by molar-refractivity contribution is 7.89. The number of pyridine rings is 1. The van der Waals surface area contributed by atoms with Gasteiger partial charge in [-0.25, -0.2) is 13.4 Å². The summed E-state index contributed by atoms with van der Waals surface area (Å²) in [5, 5.41) is 0. The van der Waals surface area contributed by atoms with Crippen molar-refractivity contribution in [3.63, 3.8) is 0 Å². The maximum atomic E-state index is 12.8. The van der Waals surface area contributed by atoms with Crippen molar-refractivity contribution in [2.45, 2.75) is 50.0 Å². The van der Waals surface area contributed by atoms with Crippen molar-refractivity contribution in [2.75, 3.05) is 26.3 Å². The van der Waals surface area contributed by atoms with Crippen molar-refractivity contribution in [1.29, 1.82) is 0 Å². The van der Waals surface area contributed by atoms with Crippen LogP contribution in [0.25, 0.3) is 0 Å². The molecular weight excluding hydrogens is 392 g/mol. The first-order valence-electron chi connectivity index (χ1n) is 10.1. The van der Waals surface area contributed by atoms with Crippen LogP contribution in [0.4, 0.5) is 0 Å². The topological polar surface area (TPSA) is 94.5 Å². The van der Waals surface area contributed by atoms with Crippen molar-refractivity contribution in [3.05, 3.63) is 41.6 Å². The van der Waals surface area contributed by atoms with Gasteiger partial charge in [-0.05, 0) is 25.0 Å². The standard InChI is InChI=1S/C20H26N4O4S/c1-2-19-22-18-8-13-27-12-7-17(18)20(23-19)28-15-5-10-24(11-6-15)29(25,26)16-4-3-9-21-14-16/h3-4,9,14-15H,2,5-8,10-13H2,1H3. The number of nitrogens with zero attached hydrogens (tertiary/aromatic N) is 4. The molecule has 0 aromatic carbocycles. The Bertz CT molecular complexity index is 944. The van der Waals surface area contributed by atoms with Gasteiger partial charge in [0.25, 0.3) is 0 Å². The molecule has 0 saturated carbocycles. The molecule has 156 valence electrons. The van der Waals surface area contributed by atoms with E-state index < -0.39 is 10.0 Å². The normalized spacial score (nSPS) is 18.8. The van der Waals surface area contributed by atoms with Crippen LogP contribution in [-0.2, 0) is 34.0 Å². The van der Waals surface area contributed by atoms with Gasteiger partial charge in [0.1, 0.15) is 16.8 Å². The van der Waals surface area contributed by atoms with Gasteiger partial charge in [-0.15, -0.1) is 0 Å². The van der Waals surface area contributed by atoms with Gasteiger partial charge < -0.3 is 9.47 Å². The monoisotopic (exact) mass is 418 g/mol. The SMILES string of the molecule is CCc1nc2c(c(OC3CCN(S(=O)(=O)c4cccnc4)CC3)n1)CCOCC2. The van der Waals surface area contributed by atoms with Crippen LogP contribution < -0.4 is 4.74 Å². The summed E-state index contributed by atoms with van der Waals surface area (Å²) in [6.07, 6.45) is 6.38. The molecule has 2 aromatic heterocycles. The summed E-state index contributed by atoms with van der Waals surface area (Å²) in [6, 6.07) is 3.22. The molecule has 4 rings (SSSR count). The summed E-state index contributed by atoms with van der Waals surface area (Å²) >= 11 is 0. The molecule has 0 bridgehead atoms. The molecule has 0 atom stereocenters. The van der Waals surface area contributed by atoms with Gasteiger partial charge >= 0.3 is 0 Å². The lowest BCUT2D eigenvalue weighted by molar-refractivity contribution is 0.126. The van der Waals surface area contributed by atoms with E-state index in [1.807, 2.05) is 6.92 Å². The van der Waals surface area contributed by atoms with Crippen LogP contribution in [0.3, 0.4) is 0 Å². The Hall–Kier alpha value is -2.10.